The van der Waals surface area contributed by atoms with Gasteiger partial charge in [-0.1, -0.05) is 12.7 Å². The van der Waals surface area contributed by atoms with E-state index in [4.69, 9.17) is 10.7 Å². The van der Waals surface area contributed by atoms with Gasteiger partial charge < -0.3 is 20.4 Å². The summed E-state index contributed by atoms with van der Waals surface area (Å²) in [6.45, 7) is 9.28. The lowest BCUT2D eigenvalue weighted by Gasteiger charge is -2.41. The highest BCUT2D eigenvalue weighted by Crippen LogP contribution is 2.45. The molecule has 2 aliphatic carbocycles. The van der Waals surface area contributed by atoms with Crippen LogP contribution in [0.15, 0.2) is 24.8 Å². The molecule has 0 radical (unpaired) electrons. The van der Waals surface area contributed by atoms with Gasteiger partial charge in [-0.25, -0.2) is 4.98 Å². The maximum atomic E-state index is 12.6. The number of hydrogen-bond donors (Lipinski definition) is 1. The summed E-state index contributed by atoms with van der Waals surface area (Å²) in [6.07, 6.45) is 8.80. The van der Waals surface area contributed by atoms with E-state index in [0.717, 1.165) is 80.9 Å². The van der Waals surface area contributed by atoms with E-state index in [2.05, 4.69) is 30.5 Å². The fraction of sp³-hybridized carbons (Fsp3) is 0.560. The Kier molecular flexibility index (Phi) is 5.43. The van der Waals surface area contributed by atoms with Crippen LogP contribution in [0.2, 0.25) is 0 Å². The van der Waals surface area contributed by atoms with Crippen molar-refractivity contribution in [1.82, 2.24) is 14.8 Å². The quantitative estimate of drug-likeness (QED) is 0.719. The molecule has 1 atom stereocenters. The molecule has 1 aromatic heterocycles. The highest BCUT2D eigenvalue weighted by Gasteiger charge is 2.38. The molecule has 2 amide bonds. The molecule has 0 aromatic carbocycles. The maximum Gasteiger partial charge on any atom is 0.246 e. The van der Waals surface area contributed by atoms with E-state index in [9.17, 15) is 9.59 Å². The fourth-order valence-electron chi connectivity index (χ4n) is 5.01. The predicted molar refractivity (Wildman–Crippen MR) is 126 cm³/mol. The number of rotatable bonds is 5. The molecular formula is C25H33N5O2. The van der Waals surface area contributed by atoms with Crippen molar-refractivity contribution in [1.29, 1.82) is 0 Å². The molecule has 170 valence electrons. The third-order valence-electron chi connectivity index (χ3n) is 7.14. The molecule has 32 heavy (non-hydrogen) atoms. The summed E-state index contributed by atoms with van der Waals surface area (Å²) >= 11 is 0. The second-order valence-electron chi connectivity index (χ2n) is 9.69. The van der Waals surface area contributed by atoms with E-state index in [1.54, 1.807) is 0 Å². The Morgan fingerprint density at radius 3 is 2.62 bits per heavy atom. The van der Waals surface area contributed by atoms with E-state index >= 15 is 0 Å². The number of pyridine rings is 1. The van der Waals surface area contributed by atoms with Gasteiger partial charge in [0.1, 0.15) is 0 Å². The summed E-state index contributed by atoms with van der Waals surface area (Å²) in [5, 5.41) is 0. The fourth-order valence-corrected chi connectivity index (χ4v) is 5.01. The number of amides is 2. The van der Waals surface area contributed by atoms with E-state index in [-0.39, 0.29) is 17.9 Å². The number of piperazine rings is 1. The summed E-state index contributed by atoms with van der Waals surface area (Å²) < 4.78 is 0. The molecule has 2 saturated carbocycles. The number of carbonyl (C=O) groups excluding carboxylic acids is 2. The number of carbonyl (C=O) groups is 2. The minimum absolute atomic E-state index is 0.0336. The van der Waals surface area contributed by atoms with E-state index in [1.807, 2.05) is 9.80 Å². The van der Waals surface area contributed by atoms with Gasteiger partial charge in [-0.2, -0.15) is 0 Å². The molecule has 0 spiro atoms. The predicted octanol–water partition coefficient (Wildman–Crippen LogP) is 2.79. The Balaban J connectivity index is 1.39. The van der Waals surface area contributed by atoms with Crippen molar-refractivity contribution in [3.63, 3.8) is 0 Å². The van der Waals surface area contributed by atoms with Crippen molar-refractivity contribution in [2.45, 2.75) is 51.0 Å². The highest BCUT2D eigenvalue weighted by atomic mass is 16.2. The Bertz CT molecular complexity index is 979. The second kappa shape index (κ2) is 8.26. The first-order valence-corrected chi connectivity index (χ1v) is 11.9. The molecule has 3 heterocycles. The molecule has 1 aromatic rings. The van der Waals surface area contributed by atoms with Crippen LogP contribution in [0.3, 0.4) is 0 Å². The Morgan fingerprint density at radius 1 is 1.19 bits per heavy atom. The van der Waals surface area contributed by atoms with Gasteiger partial charge in [0.15, 0.2) is 5.82 Å². The maximum absolute atomic E-state index is 12.6. The molecule has 0 unspecified atom stereocenters. The molecule has 3 fully saturated rings. The van der Waals surface area contributed by atoms with E-state index in [1.165, 1.54) is 6.08 Å². The van der Waals surface area contributed by atoms with Crippen LogP contribution in [0.4, 0.5) is 11.5 Å². The SMILES string of the molecule is C=CC(=O)N1CCC=C(c2cc(N)c(N3CCN(C(=O)C4CC4)[C@H](C)C3)nc2C2CC2)C1. The molecule has 7 heteroatoms. The second-order valence-corrected chi connectivity index (χ2v) is 9.69. The highest BCUT2D eigenvalue weighted by molar-refractivity contribution is 5.89. The zero-order chi connectivity index (χ0) is 22.4. The molecule has 7 nitrogen and oxygen atoms in total. The minimum atomic E-state index is -0.0336. The molecule has 4 aliphatic rings. The normalized spacial score (nSPS) is 23.7. The Hall–Kier alpha value is -2.83. The van der Waals surface area contributed by atoms with Gasteiger partial charge >= 0.3 is 0 Å². The van der Waals surface area contributed by atoms with Gasteiger partial charge in [0.2, 0.25) is 11.8 Å². The Morgan fingerprint density at radius 2 is 1.97 bits per heavy atom. The van der Waals surface area contributed by atoms with Gasteiger partial charge in [0.25, 0.3) is 0 Å². The largest absolute Gasteiger partial charge is 0.396 e. The van der Waals surface area contributed by atoms with Crippen LogP contribution < -0.4 is 10.6 Å². The summed E-state index contributed by atoms with van der Waals surface area (Å²) in [4.78, 5) is 36.0. The molecule has 0 bridgehead atoms. The zero-order valence-electron chi connectivity index (χ0n) is 18.9. The molecular weight excluding hydrogens is 402 g/mol. The van der Waals surface area contributed by atoms with Crippen molar-refractivity contribution in [2.24, 2.45) is 5.92 Å². The minimum Gasteiger partial charge on any atom is -0.396 e. The average molecular weight is 436 g/mol. The summed E-state index contributed by atoms with van der Waals surface area (Å²) in [5.74, 6) is 1.84. The first kappa shape index (κ1) is 21.0. The molecule has 5 rings (SSSR count). The van der Waals surface area contributed by atoms with E-state index in [0.29, 0.717) is 24.1 Å². The van der Waals surface area contributed by atoms with Crippen LogP contribution in [0.25, 0.3) is 5.57 Å². The third kappa shape index (κ3) is 4.00. The van der Waals surface area contributed by atoms with Crippen molar-refractivity contribution < 1.29 is 9.59 Å². The zero-order valence-corrected chi connectivity index (χ0v) is 18.9. The number of nitrogens with two attached hydrogens (primary N) is 1. The van der Waals surface area contributed by atoms with E-state index < -0.39 is 0 Å². The average Bonchev–Trinajstić information content (AvgIpc) is 3.71. The lowest BCUT2D eigenvalue weighted by molar-refractivity contribution is -0.135. The summed E-state index contributed by atoms with van der Waals surface area (Å²) in [5.41, 5.74) is 10.6. The van der Waals surface area contributed by atoms with Gasteiger partial charge in [0, 0.05) is 56.2 Å². The van der Waals surface area contributed by atoms with Crippen molar-refractivity contribution in [3.8, 4) is 0 Å². The smallest absolute Gasteiger partial charge is 0.246 e. The lowest BCUT2D eigenvalue weighted by atomic mass is 9.96. The molecule has 1 saturated heterocycles. The van der Waals surface area contributed by atoms with Crippen LogP contribution in [-0.2, 0) is 9.59 Å². The number of nitrogen functional groups attached to an aromatic ring is 1. The molecule has 2 N–H and O–H groups in total. The van der Waals surface area contributed by atoms with Crippen molar-refractivity contribution in [3.05, 3.63) is 36.1 Å². The number of aromatic nitrogens is 1. The monoisotopic (exact) mass is 435 g/mol. The Labute approximate surface area is 189 Å². The van der Waals surface area contributed by atoms with Crippen LogP contribution in [-0.4, -0.2) is 65.4 Å². The standard InChI is InChI=1S/C25H33N5O2/c1-3-22(31)28-10-4-5-19(15-28)20-13-21(26)24(27-23(20)17-6-7-17)29-11-12-30(16(2)14-29)25(32)18-8-9-18/h3,5,13,16-18H,1,4,6-12,14-15,26H2,2H3/t16-/m1/s1. The van der Waals surface area contributed by atoms with Crippen molar-refractivity contribution >= 4 is 28.9 Å². The number of hydrogen-bond acceptors (Lipinski definition) is 5. The van der Waals surface area contributed by atoms with Gasteiger partial charge in [0.05, 0.1) is 11.4 Å². The van der Waals surface area contributed by atoms with Gasteiger partial charge in [-0.15, -0.1) is 0 Å². The third-order valence-corrected chi connectivity index (χ3v) is 7.14. The number of nitrogens with zero attached hydrogens (tertiary/aromatic N) is 4. The first-order valence-electron chi connectivity index (χ1n) is 11.9. The van der Waals surface area contributed by atoms with Gasteiger partial charge in [-0.05, 0) is 56.7 Å². The lowest BCUT2D eigenvalue weighted by Crippen LogP contribution is -2.54. The summed E-state index contributed by atoms with van der Waals surface area (Å²) in [6, 6.07) is 2.22. The van der Waals surface area contributed by atoms with Crippen LogP contribution >= 0.6 is 0 Å². The van der Waals surface area contributed by atoms with Crippen LogP contribution in [0.5, 0.6) is 0 Å². The van der Waals surface area contributed by atoms with Crippen molar-refractivity contribution in [2.75, 3.05) is 43.4 Å². The number of anilines is 2. The summed E-state index contributed by atoms with van der Waals surface area (Å²) in [7, 11) is 0. The first-order chi connectivity index (χ1) is 15.5. The van der Waals surface area contributed by atoms with Crippen LogP contribution in [0.1, 0.15) is 56.2 Å². The van der Waals surface area contributed by atoms with Gasteiger partial charge in [-0.3, -0.25) is 9.59 Å². The molecule has 2 aliphatic heterocycles. The van der Waals surface area contributed by atoms with Crippen LogP contribution in [0, 0.1) is 5.92 Å². The topological polar surface area (TPSA) is 82.8 Å².